The van der Waals surface area contributed by atoms with Crippen molar-refractivity contribution >= 4 is 74.4 Å². The minimum Gasteiger partial charge on any atom is -1.00 e. The molecular formula is H7Cl6NaNd. The first-order valence-corrected chi connectivity index (χ1v) is 0. The maximum Gasteiger partial charge on any atom is 1.00 e. The molecular weight excluding hydrogens is 380 g/mol. The number of hydrogen-bond acceptors (Lipinski definition) is 0. The number of hydrogen-bond donors (Lipinski definition) is 0. The van der Waals surface area contributed by atoms with Crippen molar-refractivity contribution in [3.8, 4) is 0 Å². The van der Waals surface area contributed by atoms with Gasteiger partial charge in [-0.1, -0.05) is 0 Å². The quantitative estimate of drug-likeness (QED) is 0.499. The van der Waals surface area contributed by atoms with Crippen LogP contribution in [0.15, 0.2) is 0 Å². The van der Waals surface area contributed by atoms with Crippen molar-refractivity contribution in [2.24, 2.45) is 0 Å². The van der Waals surface area contributed by atoms with Gasteiger partial charge >= 0.3 is 29.6 Å². The van der Waals surface area contributed by atoms with E-state index >= 15 is 0 Å². The van der Waals surface area contributed by atoms with Crippen LogP contribution in [0.25, 0.3) is 0 Å². The fourth-order valence-corrected chi connectivity index (χ4v) is 0. The molecule has 0 fully saturated rings. The van der Waals surface area contributed by atoms with E-state index in [4.69, 9.17) is 0 Å². The zero-order valence-corrected chi connectivity index (χ0v) is 14.1. The average Bonchev–Trinajstić information content (AvgIpc) is 0. The molecule has 0 aromatic carbocycles. The topological polar surface area (TPSA) is 0 Å². The van der Waals surface area contributed by atoms with Gasteiger partial charge in [0.05, 0.1) is 0 Å². The van der Waals surface area contributed by atoms with E-state index in [9.17, 15) is 0 Å². The first kappa shape index (κ1) is 88.9. The molecule has 0 unspecified atom stereocenters. The summed E-state index contributed by atoms with van der Waals surface area (Å²) in [7, 11) is 0. The third kappa shape index (κ3) is 49.8. The predicted octanol–water partition coefficient (Wildman–Crippen LogP) is -0.353. The minimum atomic E-state index is 0. The molecule has 0 aromatic heterocycles. The first-order chi connectivity index (χ1) is 0. The first-order valence-electron chi connectivity index (χ1n) is 0. The summed E-state index contributed by atoms with van der Waals surface area (Å²) in [6.45, 7) is 0. The summed E-state index contributed by atoms with van der Waals surface area (Å²) < 4.78 is 0. The van der Waals surface area contributed by atoms with Gasteiger partial charge in [-0.15, -0.1) is 74.4 Å². The Bertz CT molecular complexity index is 13.0. The van der Waals surface area contributed by atoms with Crippen LogP contribution in [0.3, 0.4) is 0 Å². The molecule has 0 atom stereocenters. The fourth-order valence-electron chi connectivity index (χ4n) is 0. The van der Waals surface area contributed by atoms with E-state index in [1.165, 1.54) is 0 Å². The normalized spacial score (nSPS) is 0. The van der Waals surface area contributed by atoms with Crippen molar-refractivity contribution in [1.82, 2.24) is 0 Å². The summed E-state index contributed by atoms with van der Waals surface area (Å²) >= 11 is 0. The molecule has 0 aliphatic rings. The van der Waals surface area contributed by atoms with Crippen LogP contribution in [0, 0.1) is 40.8 Å². The van der Waals surface area contributed by atoms with Crippen molar-refractivity contribution in [1.29, 1.82) is 0 Å². The van der Waals surface area contributed by atoms with E-state index in [0.717, 1.165) is 0 Å². The van der Waals surface area contributed by atoms with Crippen molar-refractivity contribution < 1.29 is 71.8 Å². The van der Waals surface area contributed by atoms with Gasteiger partial charge in [-0.25, -0.2) is 0 Å². The second kappa shape index (κ2) is 67.5. The van der Waals surface area contributed by atoms with E-state index in [1.54, 1.807) is 0 Å². The molecule has 0 bridgehead atoms. The second-order valence-electron chi connectivity index (χ2n) is 0. The van der Waals surface area contributed by atoms with E-state index in [-0.39, 0.29) is 146 Å². The number of halogens is 6. The summed E-state index contributed by atoms with van der Waals surface area (Å²) in [6.07, 6.45) is 0. The Morgan fingerprint density at radius 3 is 0.500 bits per heavy atom. The summed E-state index contributed by atoms with van der Waals surface area (Å²) in [5, 5.41) is 0. The Morgan fingerprint density at radius 1 is 0.500 bits per heavy atom. The van der Waals surface area contributed by atoms with Crippen molar-refractivity contribution in [3.05, 3.63) is 0 Å². The number of rotatable bonds is 0. The predicted molar refractivity (Wildman–Crippen MR) is 44.6 cm³/mol. The van der Waals surface area contributed by atoms with Gasteiger partial charge < -0.3 is 1.43 Å². The van der Waals surface area contributed by atoms with Crippen LogP contribution < -0.4 is 29.6 Å². The Labute approximate surface area is 143 Å². The molecule has 0 aromatic rings. The second-order valence-corrected chi connectivity index (χ2v) is 0. The van der Waals surface area contributed by atoms with E-state index in [1.807, 2.05) is 0 Å². The van der Waals surface area contributed by atoms with Crippen LogP contribution >= 0.6 is 74.4 Å². The van der Waals surface area contributed by atoms with Gasteiger partial charge in [-0.05, 0) is 0 Å². The van der Waals surface area contributed by atoms with Crippen molar-refractivity contribution in [2.75, 3.05) is 0 Å². The Morgan fingerprint density at radius 2 is 0.500 bits per heavy atom. The average molecular weight is 387 g/mol. The van der Waals surface area contributed by atoms with E-state index in [2.05, 4.69) is 0 Å². The maximum absolute atomic E-state index is 0. The Balaban J connectivity index is 0. The monoisotopic (exact) mass is 382 g/mol. The Hall–Kier alpha value is 4.09. The van der Waals surface area contributed by atoms with E-state index in [0.29, 0.717) is 0 Å². The third-order valence-corrected chi connectivity index (χ3v) is 0. The van der Waals surface area contributed by atoms with Crippen LogP contribution in [0.5, 0.6) is 0 Å². The maximum atomic E-state index is 0. The summed E-state index contributed by atoms with van der Waals surface area (Å²) in [4.78, 5) is 0. The summed E-state index contributed by atoms with van der Waals surface area (Å²) in [6, 6.07) is 0. The van der Waals surface area contributed by atoms with Gasteiger partial charge in [-0.3, -0.25) is 0 Å². The Kier molecular flexibility index (Phi) is 750. The molecule has 0 heterocycles. The summed E-state index contributed by atoms with van der Waals surface area (Å²) in [5.41, 5.74) is 0. The van der Waals surface area contributed by atoms with Gasteiger partial charge in [-0.2, -0.15) is 0 Å². The van der Waals surface area contributed by atoms with Crippen LogP contribution in [0.4, 0.5) is 0 Å². The molecule has 8 heavy (non-hydrogen) atoms. The molecule has 0 saturated carbocycles. The summed E-state index contributed by atoms with van der Waals surface area (Å²) in [5.74, 6) is 0. The van der Waals surface area contributed by atoms with Gasteiger partial charge in [0.15, 0.2) is 0 Å². The molecule has 8 heteroatoms. The van der Waals surface area contributed by atoms with Gasteiger partial charge in [0.1, 0.15) is 0 Å². The largest absolute Gasteiger partial charge is 1.00 e. The standard InChI is InChI=1S/6ClH.Na.Nd.H/h6*1H;;;/q;;;;;;+1;;-1. The SMILES string of the molecule is Cl.Cl.Cl.Cl.Cl.Cl.[H-].[Na+].[Nd]. The van der Waals surface area contributed by atoms with E-state index < -0.39 is 0 Å². The fraction of sp³-hybridized carbons (Fsp3) is 0. The van der Waals surface area contributed by atoms with Gasteiger partial charge in [0.2, 0.25) is 0 Å². The molecule has 0 nitrogen and oxygen atoms in total. The zero-order chi connectivity index (χ0) is 0. The van der Waals surface area contributed by atoms with Crippen LogP contribution in [0.2, 0.25) is 0 Å². The van der Waals surface area contributed by atoms with Gasteiger partial charge in [0, 0.05) is 40.8 Å². The zero-order valence-electron chi connectivity index (χ0n) is 4.95. The molecule has 0 aliphatic carbocycles. The molecule has 0 saturated heterocycles. The van der Waals surface area contributed by atoms with Gasteiger partial charge in [0.25, 0.3) is 0 Å². The molecule has 54 valence electrons. The molecule has 0 amide bonds. The smallest absolute Gasteiger partial charge is 1.00 e. The molecule has 0 spiro atoms. The molecule has 0 rings (SSSR count). The third-order valence-electron chi connectivity index (χ3n) is 0. The molecule has 0 radical (unpaired) electrons. The minimum absolute atomic E-state index is 0. The van der Waals surface area contributed by atoms with Crippen LogP contribution in [-0.2, 0) is 0 Å². The van der Waals surface area contributed by atoms with Crippen LogP contribution in [-0.4, -0.2) is 0 Å². The van der Waals surface area contributed by atoms with Crippen molar-refractivity contribution in [3.63, 3.8) is 0 Å². The molecule has 0 N–H and O–H groups in total. The van der Waals surface area contributed by atoms with Crippen molar-refractivity contribution in [2.45, 2.75) is 0 Å². The van der Waals surface area contributed by atoms with Crippen LogP contribution in [0.1, 0.15) is 1.43 Å². The molecule has 0 aliphatic heterocycles.